The summed E-state index contributed by atoms with van der Waals surface area (Å²) in [6.45, 7) is 0.862. The molecular formula is C17H25NS. The Morgan fingerprint density at radius 3 is 2.00 bits per heavy atom. The molecule has 0 radical (unpaired) electrons. The number of aryl methyl sites for hydroxylation is 1. The van der Waals surface area contributed by atoms with Gasteiger partial charge in [0, 0.05) is 6.54 Å². The molecule has 2 heteroatoms. The first-order chi connectivity index (χ1) is 9.43. The lowest BCUT2D eigenvalue weighted by atomic mass is 10.0. The minimum Gasteiger partial charge on any atom is -0.233 e. The van der Waals surface area contributed by atoms with Crippen LogP contribution in [0.25, 0.3) is 0 Å². The van der Waals surface area contributed by atoms with Crippen LogP contribution in [0, 0.1) is 0 Å². The summed E-state index contributed by atoms with van der Waals surface area (Å²) in [6.07, 6.45) is 11.8. The van der Waals surface area contributed by atoms with E-state index < -0.39 is 0 Å². The highest BCUT2D eigenvalue weighted by atomic mass is 32.1. The van der Waals surface area contributed by atoms with E-state index in [1.807, 2.05) is 0 Å². The lowest BCUT2D eigenvalue weighted by Gasteiger charge is -2.02. The van der Waals surface area contributed by atoms with Crippen LogP contribution in [0.5, 0.6) is 0 Å². The van der Waals surface area contributed by atoms with E-state index >= 15 is 0 Å². The van der Waals surface area contributed by atoms with Gasteiger partial charge in [-0.15, -0.1) is 0 Å². The lowest BCUT2D eigenvalue weighted by Crippen LogP contribution is -1.86. The number of hydrogen-bond acceptors (Lipinski definition) is 2. The van der Waals surface area contributed by atoms with Crippen molar-refractivity contribution in [2.75, 3.05) is 6.54 Å². The van der Waals surface area contributed by atoms with Gasteiger partial charge in [0.25, 0.3) is 0 Å². The summed E-state index contributed by atoms with van der Waals surface area (Å²) in [5, 5.41) is 2.41. The number of rotatable bonds is 11. The van der Waals surface area contributed by atoms with Gasteiger partial charge in [-0.25, -0.2) is 4.99 Å². The van der Waals surface area contributed by atoms with Crippen LogP contribution in [0.1, 0.15) is 56.9 Å². The van der Waals surface area contributed by atoms with Crippen molar-refractivity contribution in [1.29, 1.82) is 0 Å². The molecule has 0 spiro atoms. The van der Waals surface area contributed by atoms with Gasteiger partial charge < -0.3 is 0 Å². The summed E-state index contributed by atoms with van der Waals surface area (Å²) < 4.78 is 0. The molecule has 0 N–H and O–H groups in total. The molecule has 19 heavy (non-hydrogen) atoms. The Hall–Kier alpha value is -0.980. The van der Waals surface area contributed by atoms with Crippen molar-refractivity contribution >= 4 is 17.4 Å². The van der Waals surface area contributed by atoms with Gasteiger partial charge in [0.1, 0.15) is 0 Å². The molecule has 0 fully saturated rings. The molecule has 1 aromatic carbocycles. The SMILES string of the molecule is S=C=NCCCCCCCCCCc1ccccc1. The van der Waals surface area contributed by atoms with Gasteiger partial charge in [-0.1, -0.05) is 68.9 Å². The molecule has 1 nitrogen and oxygen atoms in total. The molecular weight excluding hydrogens is 250 g/mol. The maximum atomic E-state index is 4.53. The third-order valence-corrected chi connectivity index (χ3v) is 3.52. The number of benzene rings is 1. The van der Waals surface area contributed by atoms with Crippen LogP contribution < -0.4 is 0 Å². The molecule has 0 saturated carbocycles. The number of nitrogens with zero attached hydrogens (tertiary/aromatic N) is 1. The molecule has 0 heterocycles. The Balaban J connectivity index is 1.82. The molecule has 0 aromatic heterocycles. The molecule has 0 unspecified atom stereocenters. The summed E-state index contributed by atoms with van der Waals surface area (Å²) in [6, 6.07) is 10.8. The van der Waals surface area contributed by atoms with Crippen molar-refractivity contribution < 1.29 is 0 Å². The number of hydrogen-bond donors (Lipinski definition) is 0. The van der Waals surface area contributed by atoms with Gasteiger partial charge in [0.15, 0.2) is 0 Å². The standard InChI is InChI=1S/C17H25NS/c19-16-18-15-11-6-4-2-1-3-5-8-12-17-13-9-7-10-14-17/h7,9-10,13-14H,1-6,8,11-12,15H2. The summed E-state index contributed by atoms with van der Waals surface area (Å²) in [4.78, 5) is 3.92. The van der Waals surface area contributed by atoms with Crippen LogP contribution in [0.4, 0.5) is 0 Å². The van der Waals surface area contributed by atoms with Crippen LogP contribution >= 0.6 is 12.2 Å². The summed E-state index contributed by atoms with van der Waals surface area (Å²) in [7, 11) is 0. The first-order valence-corrected chi connectivity index (χ1v) is 7.92. The zero-order valence-corrected chi connectivity index (χ0v) is 12.6. The van der Waals surface area contributed by atoms with Crippen molar-refractivity contribution in [3.63, 3.8) is 0 Å². The van der Waals surface area contributed by atoms with Crippen molar-refractivity contribution in [3.8, 4) is 0 Å². The van der Waals surface area contributed by atoms with Crippen molar-refractivity contribution in [2.45, 2.75) is 57.8 Å². The smallest absolute Gasteiger partial charge is 0.0584 e. The quantitative estimate of drug-likeness (QED) is 0.297. The molecule has 104 valence electrons. The fourth-order valence-corrected chi connectivity index (χ4v) is 2.36. The van der Waals surface area contributed by atoms with Gasteiger partial charge in [-0.05, 0) is 37.0 Å². The molecule has 0 bridgehead atoms. The van der Waals surface area contributed by atoms with Crippen LogP contribution in [0.3, 0.4) is 0 Å². The van der Waals surface area contributed by atoms with E-state index in [0.29, 0.717) is 0 Å². The third kappa shape index (κ3) is 9.58. The van der Waals surface area contributed by atoms with Gasteiger partial charge in [0.05, 0.1) is 5.16 Å². The van der Waals surface area contributed by atoms with Gasteiger partial charge in [-0.3, -0.25) is 0 Å². The largest absolute Gasteiger partial charge is 0.233 e. The Bertz CT molecular complexity index is 355. The summed E-state index contributed by atoms with van der Waals surface area (Å²) in [5.74, 6) is 0. The fraction of sp³-hybridized carbons (Fsp3) is 0.588. The van der Waals surface area contributed by atoms with Crippen molar-refractivity contribution in [1.82, 2.24) is 0 Å². The van der Waals surface area contributed by atoms with Crippen LogP contribution in [-0.4, -0.2) is 11.7 Å². The normalized spacial score (nSPS) is 10.1. The minimum absolute atomic E-state index is 0.862. The first-order valence-electron chi connectivity index (χ1n) is 7.51. The fourth-order valence-electron chi connectivity index (χ4n) is 2.27. The predicted octanol–water partition coefficient (Wildman–Crippen LogP) is 5.45. The average molecular weight is 275 g/mol. The second-order valence-corrected chi connectivity index (χ2v) is 5.22. The topological polar surface area (TPSA) is 12.4 Å². The maximum Gasteiger partial charge on any atom is 0.0584 e. The number of isothiocyanates is 1. The molecule has 0 saturated heterocycles. The number of unbranched alkanes of at least 4 members (excludes halogenated alkanes) is 7. The van der Waals surface area contributed by atoms with E-state index in [1.165, 1.54) is 56.9 Å². The summed E-state index contributed by atoms with van der Waals surface area (Å²) in [5.41, 5.74) is 1.47. The van der Waals surface area contributed by atoms with E-state index in [9.17, 15) is 0 Å². The second-order valence-electron chi connectivity index (χ2n) is 5.04. The van der Waals surface area contributed by atoms with Crippen LogP contribution in [0.2, 0.25) is 0 Å². The Morgan fingerprint density at radius 2 is 1.37 bits per heavy atom. The Labute approximate surface area is 123 Å². The predicted molar refractivity (Wildman–Crippen MR) is 87.0 cm³/mol. The minimum atomic E-state index is 0.862. The van der Waals surface area contributed by atoms with E-state index in [1.54, 1.807) is 0 Å². The van der Waals surface area contributed by atoms with E-state index in [4.69, 9.17) is 0 Å². The van der Waals surface area contributed by atoms with Gasteiger partial charge >= 0.3 is 0 Å². The van der Waals surface area contributed by atoms with Gasteiger partial charge in [-0.2, -0.15) is 0 Å². The Morgan fingerprint density at radius 1 is 0.789 bits per heavy atom. The molecule has 0 amide bonds. The first kappa shape index (κ1) is 16.1. The monoisotopic (exact) mass is 275 g/mol. The average Bonchev–Trinajstić information content (AvgIpc) is 2.46. The van der Waals surface area contributed by atoms with Crippen molar-refractivity contribution in [2.24, 2.45) is 4.99 Å². The van der Waals surface area contributed by atoms with E-state index in [-0.39, 0.29) is 0 Å². The highest BCUT2D eigenvalue weighted by Gasteiger charge is 1.94. The third-order valence-electron chi connectivity index (χ3n) is 3.39. The van der Waals surface area contributed by atoms with Crippen LogP contribution in [0.15, 0.2) is 35.3 Å². The number of aliphatic imine (C=N–C) groups is 1. The molecule has 0 aliphatic heterocycles. The Kier molecular flexibility index (Phi) is 10.2. The lowest BCUT2D eigenvalue weighted by molar-refractivity contribution is 0.570. The molecule has 0 aliphatic rings. The highest BCUT2D eigenvalue weighted by Crippen LogP contribution is 2.11. The van der Waals surface area contributed by atoms with E-state index in [2.05, 4.69) is 52.7 Å². The number of thiocarbonyl (C=S) groups is 1. The van der Waals surface area contributed by atoms with E-state index in [0.717, 1.165) is 13.0 Å². The zero-order valence-electron chi connectivity index (χ0n) is 11.8. The molecule has 1 aromatic rings. The second kappa shape index (κ2) is 12.1. The molecule has 0 aliphatic carbocycles. The molecule has 1 rings (SSSR count). The maximum absolute atomic E-state index is 4.53. The zero-order chi connectivity index (χ0) is 13.6. The summed E-state index contributed by atoms with van der Waals surface area (Å²) >= 11 is 4.53. The van der Waals surface area contributed by atoms with Crippen LogP contribution in [-0.2, 0) is 6.42 Å². The van der Waals surface area contributed by atoms with Gasteiger partial charge in [0.2, 0.25) is 0 Å². The highest BCUT2D eigenvalue weighted by molar-refractivity contribution is 7.78. The molecule has 0 atom stereocenters. The van der Waals surface area contributed by atoms with Crippen molar-refractivity contribution in [3.05, 3.63) is 35.9 Å².